The molecule has 0 spiro atoms. The Morgan fingerprint density at radius 2 is 1.72 bits per heavy atom. The van der Waals surface area contributed by atoms with Gasteiger partial charge in [0, 0.05) is 6.04 Å². The van der Waals surface area contributed by atoms with Gasteiger partial charge in [0.15, 0.2) is 0 Å². The van der Waals surface area contributed by atoms with Gasteiger partial charge in [-0.25, -0.2) is 0 Å². The number of rotatable bonds is 6. The van der Waals surface area contributed by atoms with E-state index in [1.54, 1.807) is 0 Å². The van der Waals surface area contributed by atoms with Gasteiger partial charge in [0.2, 0.25) is 0 Å². The van der Waals surface area contributed by atoms with E-state index in [0.29, 0.717) is 6.04 Å². The lowest BCUT2D eigenvalue weighted by molar-refractivity contribution is 0.256. The summed E-state index contributed by atoms with van der Waals surface area (Å²) in [6, 6.07) is 5.07. The third-order valence-corrected chi connectivity index (χ3v) is 3.75. The average molecular weight is 248 g/mol. The van der Waals surface area contributed by atoms with Gasteiger partial charge in [-0.3, -0.25) is 4.90 Å². The summed E-state index contributed by atoms with van der Waals surface area (Å²) in [5.41, 5.74) is 5.69. The molecular weight excluding hydrogens is 220 g/mol. The lowest BCUT2D eigenvalue weighted by atomic mass is 9.94. The molecule has 2 heteroatoms. The summed E-state index contributed by atoms with van der Waals surface area (Å²) in [5.74, 6) is 0. The Hall–Kier alpha value is -0.860. The van der Waals surface area contributed by atoms with Gasteiger partial charge in [-0.1, -0.05) is 17.7 Å². The molecule has 1 rings (SSSR count). The van der Waals surface area contributed by atoms with Crippen LogP contribution in [0.3, 0.4) is 0 Å². The normalized spacial score (nSPS) is 13.1. The van der Waals surface area contributed by atoms with E-state index >= 15 is 0 Å². The van der Waals surface area contributed by atoms with Crippen LogP contribution in [0.5, 0.6) is 0 Å². The van der Waals surface area contributed by atoms with Crippen molar-refractivity contribution in [3.8, 4) is 0 Å². The van der Waals surface area contributed by atoms with Crippen molar-refractivity contribution in [2.75, 3.05) is 27.2 Å². The summed E-state index contributed by atoms with van der Waals surface area (Å²) in [5, 5.41) is 3.21. The van der Waals surface area contributed by atoms with Crippen molar-refractivity contribution in [1.29, 1.82) is 0 Å². The van der Waals surface area contributed by atoms with E-state index in [1.165, 1.54) is 28.7 Å². The van der Waals surface area contributed by atoms with Crippen molar-refractivity contribution in [3.63, 3.8) is 0 Å². The number of hydrogen-bond acceptors (Lipinski definition) is 2. The molecule has 18 heavy (non-hydrogen) atoms. The maximum atomic E-state index is 3.21. The maximum Gasteiger partial charge on any atom is 0.0322 e. The van der Waals surface area contributed by atoms with Crippen molar-refractivity contribution in [2.24, 2.45) is 0 Å². The minimum Gasteiger partial charge on any atom is -0.320 e. The smallest absolute Gasteiger partial charge is 0.0322 e. The van der Waals surface area contributed by atoms with Gasteiger partial charge in [-0.15, -0.1) is 0 Å². The van der Waals surface area contributed by atoms with E-state index in [2.05, 4.69) is 57.1 Å². The highest BCUT2D eigenvalue weighted by Gasteiger charge is 2.15. The Kier molecular flexibility index (Phi) is 5.83. The van der Waals surface area contributed by atoms with Gasteiger partial charge in [-0.05, 0) is 78.0 Å². The number of hydrogen-bond donors (Lipinski definition) is 1. The molecule has 0 aliphatic heterocycles. The average Bonchev–Trinajstić information content (AvgIpc) is 2.27. The molecule has 1 N–H and O–H groups in total. The van der Waals surface area contributed by atoms with Crippen LogP contribution in [0.25, 0.3) is 0 Å². The third-order valence-electron chi connectivity index (χ3n) is 3.75. The SMILES string of the molecule is CNCCCN(C)C(C)c1c(C)cc(C)cc1C. The lowest BCUT2D eigenvalue weighted by Crippen LogP contribution is -2.26. The first-order chi connectivity index (χ1) is 8.47. The van der Waals surface area contributed by atoms with Gasteiger partial charge >= 0.3 is 0 Å². The van der Waals surface area contributed by atoms with Crippen LogP contribution < -0.4 is 5.32 Å². The fourth-order valence-electron chi connectivity index (χ4n) is 2.77. The second-order valence-electron chi connectivity index (χ2n) is 5.43. The van der Waals surface area contributed by atoms with Crippen LogP contribution in [0.2, 0.25) is 0 Å². The standard InChI is InChI=1S/C16H28N2/c1-12-10-13(2)16(14(3)11-12)15(4)18(6)9-7-8-17-5/h10-11,15,17H,7-9H2,1-6H3. The molecule has 1 aromatic carbocycles. The van der Waals surface area contributed by atoms with Crippen molar-refractivity contribution in [3.05, 3.63) is 34.4 Å². The molecule has 0 bridgehead atoms. The summed E-state index contributed by atoms with van der Waals surface area (Å²) >= 11 is 0. The van der Waals surface area contributed by atoms with Crippen molar-refractivity contribution in [1.82, 2.24) is 10.2 Å². The number of nitrogens with zero attached hydrogens (tertiary/aromatic N) is 1. The van der Waals surface area contributed by atoms with Crippen LogP contribution >= 0.6 is 0 Å². The molecule has 1 atom stereocenters. The Morgan fingerprint density at radius 1 is 1.17 bits per heavy atom. The van der Waals surface area contributed by atoms with Crippen LogP contribution in [0.4, 0.5) is 0 Å². The number of nitrogens with one attached hydrogen (secondary N) is 1. The molecule has 1 unspecified atom stereocenters. The molecule has 0 fully saturated rings. The predicted octanol–water partition coefficient (Wildman–Crippen LogP) is 3.21. The molecule has 0 aromatic heterocycles. The van der Waals surface area contributed by atoms with Crippen molar-refractivity contribution >= 4 is 0 Å². The van der Waals surface area contributed by atoms with Gasteiger partial charge in [0.05, 0.1) is 0 Å². The zero-order valence-electron chi connectivity index (χ0n) is 12.8. The molecule has 0 saturated heterocycles. The first-order valence-electron chi connectivity index (χ1n) is 6.90. The van der Waals surface area contributed by atoms with Gasteiger partial charge in [-0.2, -0.15) is 0 Å². The molecule has 2 nitrogen and oxygen atoms in total. The van der Waals surface area contributed by atoms with Crippen LogP contribution in [0, 0.1) is 20.8 Å². The van der Waals surface area contributed by atoms with E-state index in [1.807, 2.05) is 7.05 Å². The Bertz CT molecular complexity index is 362. The largest absolute Gasteiger partial charge is 0.320 e. The summed E-state index contributed by atoms with van der Waals surface area (Å²) in [7, 11) is 4.23. The van der Waals surface area contributed by atoms with Crippen molar-refractivity contribution in [2.45, 2.75) is 40.2 Å². The second-order valence-corrected chi connectivity index (χ2v) is 5.43. The monoisotopic (exact) mass is 248 g/mol. The minimum atomic E-state index is 0.488. The third kappa shape index (κ3) is 3.82. The zero-order chi connectivity index (χ0) is 13.7. The van der Waals surface area contributed by atoms with Crippen LogP contribution in [-0.4, -0.2) is 32.1 Å². The summed E-state index contributed by atoms with van der Waals surface area (Å²) in [6.07, 6.45) is 1.20. The Morgan fingerprint density at radius 3 is 2.22 bits per heavy atom. The quantitative estimate of drug-likeness (QED) is 0.778. The molecule has 0 saturated carbocycles. The second kappa shape index (κ2) is 6.91. The molecule has 102 valence electrons. The van der Waals surface area contributed by atoms with Crippen LogP contribution in [0.1, 0.15) is 41.6 Å². The minimum absolute atomic E-state index is 0.488. The van der Waals surface area contributed by atoms with Crippen molar-refractivity contribution < 1.29 is 0 Å². The highest BCUT2D eigenvalue weighted by atomic mass is 15.1. The van der Waals surface area contributed by atoms with Crippen LogP contribution in [-0.2, 0) is 0 Å². The number of aryl methyl sites for hydroxylation is 3. The Labute approximate surface area is 112 Å². The lowest BCUT2D eigenvalue weighted by Gasteiger charge is -2.28. The zero-order valence-corrected chi connectivity index (χ0v) is 12.8. The summed E-state index contributed by atoms with van der Waals surface area (Å²) in [6.45, 7) is 11.2. The summed E-state index contributed by atoms with van der Waals surface area (Å²) < 4.78 is 0. The van der Waals surface area contributed by atoms with E-state index in [9.17, 15) is 0 Å². The topological polar surface area (TPSA) is 15.3 Å². The molecular formula is C16H28N2. The predicted molar refractivity (Wildman–Crippen MR) is 80.2 cm³/mol. The maximum absolute atomic E-state index is 3.21. The van der Waals surface area contributed by atoms with Gasteiger partial charge < -0.3 is 5.32 Å². The van der Waals surface area contributed by atoms with Crippen LogP contribution in [0.15, 0.2) is 12.1 Å². The number of benzene rings is 1. The molecule has 0 aliphatic carbocycles. The van der Waals surface area contributed by atoms with E-state index in [-0.39, 0.29) is 0 Å². The van der Waals surface area contributed by atoms with E-state index < -0.39 is 0 Å². The fraction of sp³-hybridized carbons (Fsp3) is 0.625. The van der Waals surface area contributed by atoms with Gasteiger partial charge in [0.25, 0.3) is 0 Å². The van der Waals surface area contributed by atoms with Gasteiger partial charge in [0.1, 0.15) is 0 Å². The molecule has 0 aliphatic rings. The van der Waals surface area contributed by atoms with E-state index in [0.717, 1.165) is 13.1 Å². The molecule has 0 radical (unpaired) electrons. The highest BCUT2D eigenvalue weighted by Crippen LogP contribution is 2.26. The first kappa shape index (κ1) is 15.2. The highest BCUT2D eigenvalue weighted by molar-refractivity contribution is 5.39. The molecule has 0 amide bonds. The van der Waals surface area contributed by atoms with E-state index in [4.69, 9.17) is 0 Å². The summed E-state index contributed by atoms with van der Waals surface area (Å²) in [4.78, 5) is 2.45. The first-order valence-corrected chi connectivity index (χ1v) is 6.90. The fourth-order valence-corrected chi connectivity index (χ4v) is 2.77. The molecule has 0 heterocycles. The Balaban J connectivity index is 2.80. The molecule has 1 aromatic rings.